The van der Waals surface area contributed by atoms with E-state index in [1.807, 2.05) is 23.8 Å². The average molecular weight is 423 g/mol. The van der Waals surface area contributed by atoms with Gasteiger partial charge in [-0.25, -0.2) is 15.0 Å². The van der Waals surface area contributed by atoms with Crippen LogP contribution in [-0.4, -0.2) is 64.0 Å². The maximum Gasteiger partial charge on any atom is 0.229 e. The van der Waals surface area contributed by atoms with Crippen molar-refractivity contribution in [2.24, 2.45) is 0 Å². The van der Waals surface area contributed by atoms with Gasteiger partial charge in [-0.15, -0.1) is 0 Å². The monoisotopic (exact) mass is 423 g/mol. The number of hydrogen-bond acceptors (Lipinski definition) is 9. The van der Waals surface area contributed by atoms with E-state index in [9.17, 15) is 0 Å². The van der Waals surface area contributed by atoms with Crippen molar-refractivity contribution in [3.8, 4) is 17.3 Å². The number of likely N-dealkylation sites (N-methyl/N-ethyl adjacent to an activating group) is 1. The van der Waals surface area contributed by atoms with Crippen molar-refractivity contribution < 1.29 is 14.2 Å². The Bertz CT molecular complexity index is 1090. The van der Waals surface area contributed by atoms with Gasteiger partial charge in [0.2, 0.25) is 5.95 Å². The van der Waals surface area contributed by atoms with E-state index in [1.54, 1.807) is 25.8 Å². The highest BCUT2D eigenvalue weighted by Crippen LogP contribution is 2.40. The summed E-state index contributed by atoms with van der Waals surface area (Å²) in [5.74, 6) is 3.20. The number of ether oxygens (including phenoxy) is 3. The van der Waals surface area contributed by atoms with Gasteiger partial charge in [-0.3, -0.25) is 4.57 Å². The van der Waals surface area contributed by atoms with Gasteiger partial charge in [-0.2, -0.15) is 4.98 Å². The van der Waals surface area contributed by atoms with Gasteiger partial charge in [0.1, 0.15) is 12.9 Å². The Morgan fingerprint density at radius 1 is 1.13 bits per heavy atom. The lowest BCUT2D eigenvalue weighted by atomic mass is 9.88. The second-order valence-corrected chi connectivity index (χ2v) is 7.86. The van der Waals surface area contributed by atoms with Crippen LogP contribution in [0.4, 0.5) is 17.5 Å². The molecule has 0 bridgehead atoms. The zero-order chi connectivity index (χ0) is 21.4. The number of rotatable bonds is 4. The van der Waals surface area contributed by atoms with Crippen LogP contribution in [0.15, 0.2) is 31.0 Å². The molecule has 0 aromatic carbocycles. The molecule has 1 fully saturated rings. The Kier molecular flexibility index (Phi) is 4.85. The van der Waals surface area contributed by atoms with Crippen molar-refractivity contribution in [2.75, 3.05) is 44.2 Å². The summed E-state index contributed by atoms with van der Waals surface area (Å²) in [6.07, 6.45) is 8.85. The topological polar surface area (TPSA) is 99.5 Å². The number of methoxy groups -OCH3 is 1. The fraction of sp³-hybridized carbons (Fsp3) is 0.429. The molecule has 1 spiro atoms. The van der Waals surface area contributed by atoms with E-state index in [0.717, 1.165) is 43.3 Å². The Balaban J connectivity index is 1.41. The average Bonchev–Trinajstić information content (AvgIpc) is 3.23. The van der Waals surface area contributed by atoms with E-state index in [1.165, 1.54) is 0 Å². The number of aryl methyl sites for hydroxylation is 1. The molecule has 0 atom stereocenters. The maximum absolute atomic E-state index is 6.00. The molecule has 0 radical (unpaired) electrons. The van der Waals surface area contributed by atoms with E-state index in [4.69, 9.17) is 19.2 Å². The zero-order valence-electron chi connectivity index (χ0n) is 17.8. The van der Waals surface area contributed by atoms with E-state index in [0.29, 0.717) is 29.9 Å². The molecular formula is C21H25N7O3. The summed E-state index contributed by atoms with van der Waals surface area (Å²) in [5, 5.41) is 3.23. The van der Waals surface area contributed by atoms with E-state index in [-0.39, 0.29) is 5.54 Å². The summed E-state index contributed by atoms with van der Waals surface area (Å²) >= 11 is 0. The first-order valence-corrected chi connectivity index (χ1v) is 10.2. The number of nitrogens with zero attached hydrogens (tertiary/aromatic N) is 6. The van der Waals surface area contributed by atoms with Crippen molar-refractivity contribution in [3.05, 3.63) is 36.7 Å². The lowest BCUT2D eigenvalue weighted by molar-refractivity contribution is 0.0265. The Morgan fingerprint density at radius 3 is 2.71 bits per heavy atom. The second-order valence-electron chi connectivity index (χ2n) is 7.86. The Labute approximate surface area is 180 Å². The molecule has 2 aliphatic heterocycles. The first-order valence-electron chi connectivity index (χ1n) is 10.2. The number of nitrogens with one attached hydrogen (secondary N) is 1. The minimum Gasteiger partial charge on any atom is -0.493 e. The van der Waals surface area contributed by atoms with Crippen LogP contribution < -0.4 is 19.7 Å². The van der Waals surface area contributed by atoms with Crippen LogP contribution in [0.5, 0.6) is 11.5 Å². The third-order valence-corrected chi connectivity index (χ3v) is 5.95. The number of fused-ring (bicyclic) bond motifs is 1. The third kappa shape index (κ3) is 3.52. The summed E-state index contributed by atoms with van der Waals surface area (Å²) in [4.78, 5) is 20.1. The van der Waals surface area contributed by atoms with Gasteiger partial charge in [0.25, 0.3) is 0 Å². The first kappa shape index (κ1) is 19.6. The smallest absolute Gasteiger partial charge is 0.229 e. The highest BCUT2D eigenvalue weighted by molar-refractivity contribution is 5.62. The number of imidazole rings is 1. The van der Waals surface area contributed by atoms with Crippen molar-refractivity contribution >= 4 is 17.5 Å². The third-order valence-electron chi connectivity index (χ3n) is 5.95. The van der Waals surface area contributed by atoms with Gasteiger partial charge in [-0.1, -0.05) is 0 Å². The van der Waals surface area contributed by atoms with Crippen molar-refractivity contribution in [2.45, 2.75) is 25.3 Å². The van der Waals surface area contributed by atoms with Crippen LogP contribution in [0.3, 0.4) is 0 Å². The predicted molar refractivity (Wildman–Crippen MR) is 115 cm³/mol. The first-order chi connectivity index (χ1) is 15.1. The molecule has 0 aliphatic carbocycles. The van der Waals surface area contributed by atoms with Crippen LogP contribution in [0.1, 0.15) is 18.5 Å². The predicted octanol–water partition coefficient (Wildman–Crippen LogP) is 2.50. The molecular weight excluding hydrogens is 398 g/mol. The second kappa shape index (κ2) is 7.69. The molecule has 3 aromatic rings. The molecule has 1 N–H and O–H groups in total. The SMILES string of the molecule is COc1cc(Nc2ncc3c(n2)N(C)C2(CCOCC2)CO3)cnc1-n1cnc(C)c1. The Morgan fingerprint density at radius 2 is 1.97 bits per heavy atom. The number of hydrogen-bond donors (Lipinski definition) is 1. The van der Waals surface area contributed by atoms with E-state index >= 15 is 0 Å². The molecule has 10 nitrogen and oxygen atoms in total. The van der Waals surface area contributed by atoms with Gasteiger partial charge in [0.05, 0.1) is 36.4 Å². The van der Waals surface area contributed by atoms with Crippen LogP contribution in [0, 0.1) is 6.92 Å². The highest BCUT2D eigenvalue weighted by Gasteiger charge is 2.42. The number of anilines is 3. The molecule has 10 heteroatoms. The van der Waals surface area contributed by atoms with Gasteiger partial charge in [-0.05, 0) is 19.8 Å². The quantitative estimate of drug-likeness (QED) is 0.678. The normalized spacial score (nSPS) is 17.2. The fourth-order valence-corrected chi connectivity index (χ4v) is 4.04. The van der Waals surface area contributed by atoms with Crippen LogP contribution >= 0.6 is 0 Å². The molecule has 1 saturated heterocycles. The van der Waals surface area contributed by atoms with Gasteiger partial charge in [0.15, 0.2) is 23.1 Å². The minimum absolute atomic E-state index is 0.0910. The fourth-order valence-electron chi connectivity index (χ4n) is 4.04. The summed E-state index contributed by atoms with van der Waals surface area (Å²) in [6, 6.07) is 1.86. The summed E-state index contributed by atoms with van der Waals surface area (Å²) in [5.41, 5.74) is 1.53. The van der Waals surface area contributed by atoms with Crippen molar-refractivity contribution in [3.63, 3.8) is 0 Å². The summed E-state index contributed by atoms with van der Waals surface area (Å²) in [7, 11) is 3.68. The summed E-state index contributed by atoms with van der Waals surface area (Å²) in [6.45, 7) is 4.00. The van der Waals surface area contributed by atoms with Crippen LogP contribution in [0.25, 0.3) is 5.82 Å². The zero-order valence-corrected chi connectivity index (χ0v) is 17.8. The molecule has 0 saturated carbocycles. The highest BCUT2D eigenvalue weighted by atomic mass is 16.5. The standard InChI is InChI=1S/C21H25N7O3/c1-14-11-28(13-24-14)18-16(29-3)8-15(9-22-18)25-20-23-10-17-19(26-20)27(2)21(12-31-17)4-6-30-7-5-21/h8-11,13H,4-7,12H2,1-3H3,(H,23,25,26). The molecule has 162 valence electrons. The number of aromatic nitrogens is 5. The molecule has 0 amide bonds. The van der Waals surface area contributed by atoms with Gasteiger partial charge >= 0.3 is 0 Å². The Hall–Kier alpha value is -3.40. The van der Waals surface area contributed by atoms with Crippen molar-refractivity contribution in [1.82, 2.24) is 24.5 Å². The molecule has 2 aliphatic rings. The lowest BCUT2D eigenvalue weighted by Gasteiger charge is -2.47. The lowest BCUT2D eigenvalue weighted by Crippen LogP contribution is -2.57. The molecule has 5 rings (SSSR count). The van der Waals surface area contributed by atoms with Gasteiger partial charge in [0, 0.05) is 32.5 Å². The van der Waals surface area contributed by atoms with Crippen molar-refractivity contribution in [1.29, 1.82) is 0 Å². The minimum atomic E-state index is -0.0910. The molecule has 0 unspecified atom stereocenters. The van der Waals surface area contributed by atoms with Crippen LogP contribution in [0.2, 0.25) is 0 Å². The van der Waals surface area contributed by atoms with E-state index in [2.05, 4.69) is 32.2 Å². The van der Waals surface area contributed by atoms with E-state index < -0.39 is 0 Å². The maximum atomic E-state index is 6.00. The van der Waals surface area contributed by atoms with Crippen LogP contribution in [-0.2, 0) is 4.74 Å². The number of pyridine rings is 1. The molecule has 5 heterocycles. The largest absolute Gasteiger partial charge is 0.493 e. The summed E-state index contributed by atoms with van der Waals surface area (Å²) < 4.78 is 18.9. The molecule has 3 aromatic heterocycles. The molecule has 31 heavy (non-hydrogen) atoms. The van der Waals surface area contributed by atoms with Gasteiger partial charge < -0.3 is 24.4 Å².